The van der Waals surface area contributed by atoms with E-state index in [1.165, 1.54) is 0 Å². The molecule has 0 aliphatic carbocycles. The molecule has 0 unspecified atom stereocenters. The lowest BCUT2D eigenvalue weighted by Crippen LogP contribution is -2.44. The molecule has 0 saturated carbocycles. The third kappa shape index (κ3) is 4.63. The van der Waals surface area contributed by atoms with Gasteiger partial charge in [0.05, 0.1) is 11.5 Å². The molecule has 1 fully saturated rings. The van der Waals surface area contributed by atoms with E-state index in [0.717, 1.165) is 32.4 Å². The Hall–Kier alpha value is -2.16. The zero-order valence-electron chi connectivity index (χ0n) is 15.2. The van der Waals surface area contributed by atoms with Crippen LogP contribution < -0.4 is 10.2 Å². The summed E-state index contributed by atoms with van der Waals surface area (Å²) in [5, 5.41) is 1.10. The van der Waals surface area contributed by atoms with Crippen molar-refractivity contribution in [1.29, 1.82) is 0 Å². The van der Waals surface area contributed by atoms with Crippen molar-refractivity contribution < 1.29 is 14.3 Å². The van der Waals surface area contributed by atoms with Crippen molar-refractivity contribution >= 4 is 62.1 Å². The topological polar surface area (TPSA) is 58.6 Å². The van der Waals surface area contributed by atoms with Gasteiger partial charge in [0.15, 0.2) is 4.32 Å². The molecule has 0 bridgehead atoms. The number of ether oxygens (including phenoxy) is 1. The van der Waals surface area contributed by atoms with Crippen molar-refractivity contribution in [3.63, 3.8) is 0 Å². The summed E-state index contributed by atoms with van der Waals surface area (Å²) >= 11 is 9.84. The van der Waals surface area contributed by atoms with Crippen molar-refractivity contribution in [2.45, 2.75) is 13.8 Å². The summed E-state index contributed by atoms with van der Waals surface area (Å²) in [4.78, 5) is 25.6. The first kappa shape index (κ1) is 20.6. The number of aryl methyl sites for hydroxylation is 1. The molecule has 3 rings (SSSR count). The molecule has 28 heavy (non-hydrogen) atoms. The van der Waals surface area contributed by atoms with E-state index < -0.39 is 5.91 Å². The van der Waals surface area contributed by atoms with Crippen molar-refractivity contribution in [1.82, 2.24) is 10.4 Å². The lowest BCUT2D eigenvalue weighted by Gasteiger charge is -2.15. The number of hydrazine groups is 1. The second-order valence-electron chi connectivity index (χ2n) is 5.94. The van der Waals surface area contributed by atoms with E-state index in [4.69, 9.17) is 17.0 Å². The van der Waals surface area contributed by atoms with E-state index >= 15 is 0 Å². The summed E-state index contributed by atoms with van der Waals surface area (Å²) in [5.74, 6) is -0.104. The number of amides is 2. The van der Waals surface area contributed by atoms with Gasteiger partial charge in [0.1, 0.15) is 5.75 Å². The Kier molecular flexibility index (Phi) is 6.53. The third-order valence-corrected chi connectivity index (χ3v) is 5.67. The molecule has 1 aliphatic rings. The molecule has 0 aromatic heterocycles. The standard InChI is InChI=1S/C20H17BrN2O3S2/c1-3-26-16-9-8-15(21)10-14(16)11-17-19(25)23(20(27)28-17)22-18(24)13-6-4-12(2)5-7-13/h4-11H,3H2,1-2H3,(H,22,24)/b17-11+. The number of nitrogens with zero attached hydrogens (tertiary/aromatic N) is 1. The quantitative estimate of drug-likeness (QED) is 0.500. The number of rotatable bonds is 5. The summed E-state index contributed by atoms with van der Waals surface area (Å²) in [5.41, 5.74) is 4.83. The van der Waals surface area contributed by atoms with Crippen molar-refractivity contribution in [3.8, 4) is 5.75 Å². The van der Waals surface area contributed by atoms with Gasteiger partial charge in [-0.3, -0.25) is 15.0 Å². The molecular formula is C20H17BrN2O3S2. The second kappa shape index (κ2) is 8.89. The van der Waals surface area contributed by atoms with Crippen molar-refractivity contribution in [2.75, 3.05) is 6.61 Å². The van der Waals surface area contributed by atoms with Crippen molar-refractivity contribution in [3.05, 3.63) is 68.5 Å². The van der Waals surface area contributed by atoms with E-state index in [-0.39, 0.29) is 10.2 Å². The van der Waals surface area contributed by atoms with Gasteiger partial charge in [-0.05, 0) is 62.5 Å². The van der Waals surface area contributed by atoms with E-state index in [1.807, 2.05) is 44.2 Å². The molecule has 0 spiro atoms. The smallest absolute Gasteiger partial charge is 0.285 e. The zero-order chi connectivity index (χ0) is 20.3. The Balaban J connectivity index is 1.82. The maximum absolute atomic E-state index is 12.8. The van der Waals surface area contributed by atoms with Crippen LogP contribution in [-0.4, -0.2) is 27.8 Å². The van der Waals surface area contributed by atoms with E-state index in [0.29, 0.717) is 22.8 Å². The molecule has 2 aromatic carbocycles. The Morgan fingerprint density at radius 3 is 2.68 bits per heavy atom. The van der Waals surface area contributed by atoms with Gasteiger partial charge in [-0.15, -0.1) is 0 Å². The third-order valence-electron chi connectivity index (χ3n) is 3.88. The van der Waals surface area contributed by atoms with Crippen LogP contribution in [0.15, 0.2) is 51.8 Å². The van der Waals surface area contributed by atoms with Crippen LogP contribution in [0.1, 0.15) is 28.4 Å². The average molecular weight is 477 g/mol. The summed E-state index contributed by atoms with van der Waals surface area (Å²) in [6, 6.07) is 12.6. The normalized spacial score (nSPS) is 15.2. The number of benzene rings is 2. The minimum Gasteiger partial charge on any atom is -0.493 e. The fourth-order valence-corrected chi connectivity index (χ4v) is 4.04. The minimum atomic E-state index is -0.394. The van der Waals surface area contributed by atoms with Gasteiger partial charge in [-0.25, -0.2) is 0 Å². The van der Waals surface area contributed by atoms with Crippen LogP contribution in [0.5, 0.6) is 5.75 Å². The van der Waals surface area contributed by atoms with E-state index in [2.05, 4.69) is 21.4 Å². The molecule has 0 atom stereocenters. The minimum absolute atomic E-state index is 0.268. The van der Waals surface area contributed by atoms with E-state index in [1.54, 1.807) is 18.2 Å². The number of thioether (sulfide) groups is 1. The predicted molar refractivity (Wildman–Crippen MR) is 119 cm³/mol. The number of carbonyl (C=O) groups excluding carboxylic acids is 2. The molecule has 1 N–H and O–H groups in total. The summed E-state index contributed by atoms with van der Waals surface area (Å²) in [6.07, 6.45) is 1.72. The summed E-state index contributed by atoms with van der Waals surface area (Å²) in [7, 11) is 0. The Morgan fingerprint density at radius 2 is 2.00 bits per heavy atom. The fraction of sp³-hybridized carbons (Fsp3) is 0.150. The molecule has 144 valence electrons. The van der Waals surface area contributed by atoms with Gasteiger partial charge in [0.25, 0.3) is 11.8 Å². The molecule has 1 heterocycles. The lowest BCUT2D eigenvalue weighted by molar-refractivity contribution is -0.123. The van der Waals surface area contributed by atoms with Crippen LogP contribution in [0.4, 0.5) is 0 Å². The first-order chi connectivity index (χ1) is 13.4. The van der Waals surface area contributed by atoms with Crippen LogP contribution in [0.25, 0.3) is 6.08 Å². The highest BCUT2D eigenvalue weighted by Gasteiger charge is 2.34. The Labute approximate surface area is 181 Å². The van der Waals surface area contributed by atoms with E-state index in [9.17, 15) is 9.59 Å². The molecule has 0 radical (unpaired) electrons. The maximum atomic E-state index is 12.8. The molecule has 1 saturated heterocycles. The lowest BCUT2D eigenvalue weighted by atomic mass is 10.1. The summed E-state index contributed by atoms with van der Waals surface area (Å²) in [6.45, 7) is 4.34. The average Bonchev–Trinajstić information content (AvgIpc) is 2.92. The summed E-state index contributed by atoms with van der Waals surface area (Å²) < 4.78 is 6.76. The van der Waals surface area contributed by atoms with Gasteiger partial charge < -0.3 is 4.74 Å². The van der Waals surface area contributed by atoms with Crippen molar-refractivity contribution in [2.24, 2.45) is 0 Å². The second-order valence-corrected chi connectivity index (χ2v) is 8.53. The first-order valence-corrected chi connectivity index (χ1v) is 10.5. The van der Waals surface area contributed by atoms with Gasteiger partial charge in [0.2, 0.25) is 0 Å². The number of hydrogen-bond donors (Lipinski definition) is 1. The molecule has 1 aliphatic heterocycles. The van der Waals surface area contributed by atoms with Gasteiger partial charge in [0, 0.05) is 15.6 Å². The molecule has 2 amide bonds. The number of carbonyl (C=O) groups is 2. The highest BCUT2D eigenvalue weighted by molar-refractivity contribution is 9.10. The van der Waals surface area contributed by atoms with Crippen LogP contribution in [-0.2, 0) is 4.79 Å². The number of halogens is 1. The maximum Gasteiger partial charge on any atom is 0.285 e. The van der Waals surface area contributed by atoms with Crippen LogP contribution >= 0.6 is 39.9 Å². The monoisotopic (exact) mass is 476 g/mol. The van der Waals surface area contributed by atoms with Gasteiger partial charge in [-0.2, -0.15) is 5.01 Å². The predicted octanol–water partition coefficient (Wildman–Crippen LogP) is 4.70. The highest BCUT2D eigenvalue weighted by Crippen LogP contribution is 2.34. The fourth-order valence-electron chi connectivity index (χ4n) is 2.50. The molecule has 5 nitrogen and oxygen atoms in total. The first-order valence-electron chi connectivity index (χ1n) is 8.47. The highest BCUT2D eigenvalue weighted by atomic mass is 79.9. The molecule has 8 heteroatoms. The van der Waals surface area contributed by atoms with Gasteiger partial charge in [-0.1, -0.05) is 45.4 Å². The Morgan fingerprint density at radius 1 is 1.29 bits per heavy atom. The number of thiocarbonyl (C=S) groups is 1. The van der Waals surface area contributed by atoms with Gasteiger partial charge >= 0.3 is 0 Å². The van der Waals surface area contributed by atoms with Crippen LogP contribution in [0, 0.1) is 6.92 Å². The van der Waals surface area contributed by atoms with Crippen LogP contribution in [0.3, 0.4) is 0 Å². The SMILES string of the molecule is CCOc1ccc(Br)cc1/C=C1/SC(=S)N(NC(=O)c2ccc(C)cc2)C1=O. The molecule has 2 aromatic rings. The number of hydrogen-bond acceptors (Lipinski definition) is 5. The van der Waals surface area contributed by atoms with Crippen LogP contribution in [0.2, 0.25) is 0 Å². The largest absolute Gasteiger partial charge is 0.493 e. The molecular weight excluding hydrogens is 460 g/mol. The Bertz CT molecular complexity index is 974. The zero-order valence-corrected chi connectivity index (χ0v) is 18.4. The number of nitrogens with one attached hydrogen (secondary N) is 1.